The lowest BCUT2D eigenvalue weighted by Gasteiger charge is -2.18. The van der Waals surface area contributed by atoms with Crippen LogP contribution in [0.3, 0.4) is 0 Å². The largest absolute Gasteiger partial charge is 0.378 e. The third-order valence-corrected chi connectivity index (χ3v) is 3.60. The highest BCUT2D eigenvalue weighted by molar-refractivity contribution is 6.35. The molecule has 0 saturated heterocycles. The molecule has 1 N–H and O–H groups in total. The van der Waals surface area contributed by atoms with Gasteiger partial charge in [0.2, 0.25) is 0 Å². The number of rotatable bonds is 3. The minimum atomic E-state index is 0.131. The summed E-state index contributed by atoms with van der Waals surface area (Å²) in [6.07, 6.45) is 0. The number of anilines is 1. The average molecular weight is 294 g/mol. The van der Waals surface area contributed by atoms with Crippen molar-refractivity contribution in [1.82, 2.24) is 0 Å². The predicted octanol–water partition coefficient (Wildman–Crippen LogP) is 5.78. The number of aryl methyl sites for hydroxylation is 2. The Labute approximate surface area is 124 Å². The summed E-state index contributed by atoms with van der Waals surface area (Å²) in [5.74, 6) is 0. The molecule has 0 radical (unpaired) electrons. The van der Waals surface area contributed by atoms with Crippen molar-refractivity contribution in [2.75, 3.05) is 5.32 Å². The fourth-order valence-corrected chi connectivity index (χ4v) is 2.81. The smallest absolute Gasteiger partial charge is 0.0500 e. The second-order valence-electron chi connectivity index (χ2n) is 4.91. The van der Waals surface area contributed by atoms with E-state index in [4.69, 9.17) is 23.2 Å². The summed E-state index contributed by atoms with van der Waals surface area (Å²) in [5, 5.41) is 4.82. The molecule has 0 heterocycles. The van der Waals surface area contributed by atoms with Crippen LogP contribution in [0, 0.1) is 13.8 Å². The number of halogens is 2. The van der Waals surface area contributed by atoms with Gasteiger partial charge in [-0.15, -0.1) is 0 Å². The lowest BCUT2D eigenvalue weighted by Crippen LogP contribution is -2.07. The van der Waals surface area contributed by atoms with Gasteiger partial charge in [-0.2, -0.15) is 0 Å². The maximum Gasteiger partial charge on any atom is 0.0500 e. The van der Waals surface area contributed by atoms with Crippen molar-refractivity contribution in [2.24, 2.45) is 0 Å². The first-order chi connectivity index (χ1) is 8.95. The van der Waals surface area contributed by atoms with E-state index in [0.717, 1.165) is 11.3 Å². The summed E-state index contributed by atoms with van der Waals surface area (Å²) in [6.45, 7) is 6.28. The molecule has 1 nitrogen and oxygen atoms in total. The van der Waals surface area contributed by atoms with Crippen LogP contribution in [0.4, 0.5) is 5.69 Å². The Hall–Kier alpha value is -1.18. The van der Waals surface area contributed by atoms with Crippen molar-refractivity contribution in [2.45, 2.75) is 26.8 Å². The fourth-order valence-electron chi connectivity index (χ4n) is 2.24. The zero-order chi connectivity index (χ0) is 14.0. The third kappa shape index (κ3) is 3.65. The molecule has 3 heteroatoms. The van der Waals surface area contributed by atoms with Gasteiger partial charge < -0.3 is 5.32 Å². The quantitative estimate of drug-likeness (QED) is 0.756. The van der Waals surface area contributed by atoms with Gasteiger partial charge >= 0.3 is 0 Å². The van der Waals surface area contributed by atoms with Gasteiger partial charge in [0.25, 0.3) is 0 Å². The van der Waals surface area contributed by atoms with Crippen molar-refractivity contribution in [3.8, 4) is 0 Å². The van der Waals surface area contributed by atoms with Crippen LogP contribution < -0.4 is 5.32 Å². The van der Waals surface area contributed by atoms with E-state index >= 15 is 0 Å². The Morgan fingerprint density at radius 3 is 2.16 bits per heavy atom. The van der Waals surface area contributed by atoms with Gasteiger partial charge in [0.15, 0.2) is 0 Å². The zero-order valence-corrected chi connectivity index (χ0v) is 12.8. The molecule has 0 saturated carbocycles. The van der Waals surface area contributed by atoms with E-state index in [1.807, 2.05) is 12.1 Å². The molecule has 0 spiro atoms. The summed E-state index contributed by atoms with van der Waals surface area (Å²) in [6, 6.07) is 12.2. The van der Waals surface area contributed by atoms with E-state index in [1.54, 1.807) is 6.07 Å². The fraction of sp³-hybridized carbons (Fsp3) is 0.250. The summed E-state index contributed by atoms with van der Waals surface area (Å²) in [7, 11) is 0. The molecule has 1 atom stereocenters. The van der Waals surface area contributed by atoms with E-state index in [-0.39, 0.29) is 6.04 Å². The lowest BCUT2D eigenvalue weighted by molar-refractivity contribution is 0.884. The molecule has 0 aliphatic carbocycles. The molecule has 19 heavy (non-hydrogen) atoms. The predicted molar refractivity (Wildman–Crippen MR) is 84.4 cm³/mol. The molecule has 0 bridgehead atoms. The van der Waals surface area contributed by atoms with E-state index in [2.05, 4.69) is 44.3 Å². The molecular weight excluding hydrogens is 277 g/mol. The Bertz CT molecular complexity index is 573. The van der Waals surface area contributed by atoms with Crippen LogP contribution in [0.1, 0.15) is 29.7 Å². The lowest BCUT2D eigenvalue weighted by atomic mass is 10.1. The molecule has 100 valence electrons. The van der Waals surface area contributed by atoms with Gasteiger partial charge in [0, 0.05) is 21.8 Å². The molecular formula is C16H17Cl2N. The van der Waals surface area contributed by atoms with Crippen molar-refractivity contribution < 1.29 is 0 Å². The Kier molecular flexibility index (Phi) is 4.38. The topological polar surface area (TPSA) is 12.0 Å². The van der Waals surface area contributed by atoms with Crippen molar-refractivity contribution in [3.63, 3.8) is 0 Å². The van der Waals surface area contributed by atoms with Crippen LogP contribution in [0.2, 0.25) is 10.0 Å². The molecule has 2 aromatic rings. The number of nitrogens with one attached hydrogen (secondary N) is 1. The summed E-state index contributed by atoms with van der Waals surface area (Å²) >= 11 is 12.1. The van der Waals surface area contributed by atoms with E-state index in [0.29, 0.717) is 10.0 Å². The van der Waals surface area contributed by atoms with E-state index < -0.39 is 0 Å². The first-order valence-corrected chi connectivity index (χ1v) is 7.01. The molecule has 1 unspecified atom stereocenters. The first kappa shape index (κ1) is 14.2. The molecule has 0 aliphatic rings. The average Bonchev–Trinajstić information content (AvgIpc) is 2.26. The Morgan fingerprint density at radius 2 is 1.58 bits per heavy atom. The SMILES string of the molecule is Cc1cc(C)cc(NC(C)c2ccc(Cl)cc2Cl)c1. The van der Waals surface area contributed by atoms with Crippen molar-refractivity contribution in [3.05, 3.63) is 63.1 Å². The van der Waals surface area contributed by atoms with Crippen LogP contribution in [0.25, 0.3) is 0 Å². The van der Waals surface area contributed by atoms with Gasteiger partial charge in [-0.25, -0.2) is 0 Å². The monoisotopic (exact) mass is 293 g/mol. The van der Waals surface area contributed by atoms with E-state index in [1.165, 1.54) is 11.1 Å². The molecule has 0 aromatic heterocycles. The van der Waals surface area contributed by atoms with Gasteiger partial charge in [-0.1, -0.05) is 35.3 Å². The van der Waals surface area contributed by atoms with Crippen molar-refractivity contribution >= 4 is 28.9 Å². The van der Waals surface area contributed by atoms with Gasteiger partial charge in [-0.3, -0.25) is 0 Å². The van der Waals surface area contributed by atoms with Crippen LogP contribution in [-0.2, 0) is 0 Å². The highest BCUT2D eigenvalue weighted by atomic mass is 35.5. The molecule has 2 aromatic carbocycles. The van der Waals surface area contributed by atoms with Gasteiger partial charge in [0.1, 0.15) is 0 Å². The van der Waals surface area contributed by atoms with Crippen LogP contribution >= 0.6 is 23.2 Å². The summed E-state index contributed by atoms with van der Waals surface area (Å²) in [5.41, 5.74) is 4.65. The Morgan fingerprint density at radius 1 is 0.947 bits per heavy atom. The molecule has 2 rings (SSSR count). The first-order valence-electron chi connectivity index (χ1n) is 6.25. The number of hydrogen-bond donors (Lipinski definition) is 1. The van der Waals surface area contributed by atoms with Crippen molar-refractivity contribution in [1.29, 1.82) is 0 Å². The number of hydrogen-bond acceptors (Lipinski definition) is 1. The maximum atomic E-state index is 6.23. The summed E-state index contributed by atoms with van der Waals surface area (Å²) < 4.78 is 0. The normalized spacial score (nSPS) is 12.3. The zero-order valence-electron chi connectivity index (χ0n) is 11.3. The molecule has 0 fully saturated rings. The van der Waals surface area contributed by atoms with Crippen LogP contribution in [0.15, 0.2) is 36.4 Å². The second kappa shape index (κ2) is 5.85. The third-order valence-electron chi connectivity index (χ3n) is 3.03. The maximum absolute atomic E-state index is 6.23. The van der Waals surface area contributed by atoms with E-state index in [9.17, 15) is 0 Å². The standard InChI is InChI=1S/C16H17Cl2N/c1-10-6-11(2)8-14(7-10)19-12(3)15-5-4-13(17)9-16(15)18/h4-9,12,19H,1-3H3. The molecule has 0 aliphatic heterocycles. The minimum absolute atomic E-state index is 0.131. The van der Waals surface area contributed by atoms with Gasteiger partial charge in [0.05, 0.1) is 0 Å². The minimum Gasteiger partial charge on any atom is -0.378 e. The Balaban J connectivity index is 2.22. The van der Waals surface area contributed by atoms with Gasteiger partial charge in [-0.05, 0) is 61.7 Å². The van der Waals surface area contributed by atoms with Crippen LogP contribution in [0.5, 0.6) is 0 Å². The molecule has 0 amide bonds. The number of benzene rings is 2. The summed E-state index contributed by atoms with van der Waals surface area (Å²) in [4.78, 5) is 0. The second-order valence-corrected chi connectivity index (χ2v) is 5.75. The highest BCUT2D eigenvalue weighted by Crippen LogP contribution is 2.28. The highest BCUT2D eigenvalue weighted by Gasteiger charge is 2.10. The van der Waals surface area contributed by atoms with Crippen LogP contribution in [-0.4, -0.2) is 0 Å².